The first-order valence-corrected chi connectivity index (χ1v) is 9.24. The highest BCUT2D eigenvalue weighted by Gasteiger charge is 2.31. The number of nitrogens with zero attached hydrogens (tertiary/aromatic N) is 4. The maximum atomic E-state index is 13.3. The lowest BCUT2D eigenvalue weighted by Crippen LogP contribution is -2.36. The minimum Gasteiger partial charge on any atom is -0.348 e. The number of halogens is 1. The molecule has 4 aromatic rings. The van der Waals surface area contributed by atoms with Crippen molar-refractivity contribution in [3.63, 3.8) is 0 Å². The highest BCUT2D eigenvalue weighted by atomic mass is 19.1. The molecule has 28 heavy (non-hydrogen) atoms. The Hall–Kier alpha value is -3.32. The summed E-state index contributed by atoms with van der Waals surface area (Å²) in [6.45, 7) is 1.60. The van der Waals surface area contributed by atoms with E-state index < -0.39 is 0 Å². The van der Waals surface area contributed by atoms with Gasteiger partial charge >= 0.3 is 0 Å². The Balaban J connectivity index is 1.50. The van der Waals surface area contributed by atoms with Crippen LogP contribution in [0.5, 0.6) is 0 Å². The second kappa shape index (κ2) is 7.01. The lowest BCUT2D eigenvalue weighted by atomic mass is 9.96. The number of H-pyrrole nitrogens is 2. The minimum atomic E-state index is -0.247. The zero-order valence-electron chi connectivity index (χ0n) is 15.1. The van der Waals surface area contributed by atoms with E-state index in [-0.39, 0.29) is 11.9 Å². The van der Waals surface area contributed by atoms with E-state index in [0.717, 1.165) is 41.0 Å². The fourth-order valence-corrected chi connectivity index (χ4v) is 3.92. The van der Waals surface area contributed by atoms with Crippen molar-refractivity contribution in [1.82, 2.24) is 30.0 Å². The van der Waals surface area contributed by atoms with Gasteiger partial charge in [-0.2, -0.15) is 5.10 Å². The number of benzene rings is 1. The standard InChI is InChI=1S/C21H19FN6/c22-17-5-3-14(4-6-17)19-16(11-26-27-19)12-28-9-7-18-20(25-13-24-18)21(28)15-2-1-8-23-10-15/h1-6,8,10-11,13,21H,7,9,12H2,(H,24,25)(H,26,27). The van der Waals surface area contributed by atoms with E-state index in [0.29, 0.717) is 6.54 Å². The average Bonchev–Trinajstić information content (AvgIpc) is 3.38. The van der Waals surface area contributed by atoms with Crippen LogP contribution in [0.25, 0.3) is 11.3 Å². The van der Waals surface area contributed by atoms with Crippen LogP contribution in [-0.4, -0.2) is 36.6 Å². The highest BCUT2D eigenvalue weighted by Crippen LogP contribution is 2.35. The molecule has 0 spiro atoms. The van der Waals surface area contributed by atoms with Crippen molar-refractivity contribution in [2.75, 3.05) is 6.54 Å². The summed E-state index contributed by atoms with van der Waals surface area (Å²) in [6.07, 6.45) is 8.21. The van der Waals surface area contributed by atoms with Gasteiger partial charge in [-0.05, 0) is 35.9 Å². The Morgan fingerprint density at radius 1 is 1.14 bits per heavy atom. The third-order valence-corrected chi connectivity index (χ3v) is 5.25. The van der Waals surface area contributed by atoms with Crippen LogP contribution in [0.4, 0.5) is 4.39 Å². The minimum absolute atomic E-state index is 0.0275. The van der Waals surface area contributed by atoms with Crippen molar-refractivity contribution in [2.24, 2.45) is 0 Å². The second-order valence-corrected chi connectivity index (χ2v) is 6.95. The smallest absolute Gasteiger partial charge is 0.123 e. The molecule has 7 heteroatoms. The quantitative estimate of drug-likeness (QED) is 0.574. The van der Waals surface area contributed by atoms with Gasteiger partial charge in [-0.1, -0.05) is 6.07 Å². The molecular weight excluding hydrogens is 355 g/mol. The third-order valence-electron chi connectivity index (χ3n) is 5.25. The van der Waals surface area contributed by atoms with Crippen LogP contribution in [0.3, 0.4) is 0 Å². The molecule has 1 unspecified atom stereocenters. The average molecular weight is 374 g/mol. The molecule has 1 aliphatic heterocycles. The maximum Gasteiger partial charge on any atom is 0.123 e. The molecule has 1 aromatic carbocycles. The molecule has 0 saturated carbocycles. The van der Waals surface area contributed by atoms with Crippen LogP contribution in [0.1, 0.15) is 28.6 Å². The van der Waals surface area contributed by atoms with Gasteiger partial charge in [0.25, 0.3) is 0 Å². The van der Waals surface area contributed by atoms with Crippen molar-refractivity contribution in [3.8, 4) is 11.3 Å². The predicted octanol–water partition coefficient (Wildman–Crippen LogP) is 3.48. The summed E-state index contributed by atoms with van der Waals surface area (Å²) < 4.78 is 13.3. The lowest BCUT2D eigenvalue weighted by molar-refractivity contribution is 0.200. The van der Waals surface area contributed by atoms with E-state index in [1.54, 1.807) is 24.7 Å². The predicted molar refractivity (Wildman–Crippen MR) is 103 cm³/mol. The Labute approximate surface area is 161 Å². The van der Waals surface area contributed by atoms with E-state index >= 15 is 0 Å². The van der Waals surface area contributed by atoms with Crippen molar-refractivity contribution in [3.05, 3.63) is 89.6 Å². The number of pyridine rings is 1. The van der Waals surface area contributed by atoms with Gasteiger partial charge in [0.05, 0.1) is 30.0 Å². The molecular formula is C21H19FN6. The molecule has 2 N–H and O–H groups in total. The van der Waals surface area contributed by atoms with Gasteiger partial charge in [-0.15, -0.1) is 0 Å². The Morgan fingerprint density at radius 2 is 2.04 bits per heavy atom. The van der Waals surface area contributed by atoms with Gasteiger partial charge in [0, 0.05) is 48.7 Å². The van der Waals surface area contributed by atoms with Gasteiger partial charge < -0.3 is 4.98 Å². The fraction of sp³-hybridized carbons (Fsp3) is 0.190. The molecule has 1 atom stereocenters. The van der Waals surface area contributed by atoms with Crippen molar-refractivity contribution in [2.45, 2.75) is 19.0 Å². The molecule has 5 rings (SSSR count). The van der Waals surface area contributed by atoms with E-state index in [1.807, 2.05) is 18.5 Å². The number of imidazole rings is 1. The number of hydrogen-bond donors (Lipinski definition) is 2. The molecule has 6 nitrogen and oxygen atoms in total. The third kappa shape index (κ3) is 2.99. The Bertz CT molecular complexity index is 1070. The number of aromatic amines is 2. The van der Waals surface area contributed by atoms with Gasteiger partial charge in [0.2, 0.25) is 0 Å². The molecule has 0 bridgehead atoms. The SMILES string of the molecule is Fc1ccc(-c2[nH]ncc2CN2CCc3[nH]cnc3C2c2cccnc2)cc1. The summed E-state index contributed by atoms with van der Waals surface area (Å²) >= 11 is 0. The molecule has 3 aromatic heterocycles. The van der Waals surface area contributed by atoms with E-state index in [4.69, 9.17) is 0 Å². The zero-order chi connectivity index (χ0) is 18.9. The molecule has 4 heterocycles. The van der Waals surface area contributed by atoms with Gasteiger partial charge in [0.15, 0.2) is 0 Å². The molecule has 140 valence electrons. The molecule has 1 aliphatic rings. The first-order valence-electron chi connectivity index (χ1n) is 9.24. The number of aromatic nitrogens is 5. The molecule has 0 aliphatic carbocycles. The monoisotopic (exact) mass is 374 g/mol. The number of nitrogens with one attached hydrogen (secondary N) is 2. The van der Waals surface area contributed by atoms with Crippen molar-refractivity contribution < 1.29 is 4.39 Å². The first-order chi connectivity index (χ1) is 13.8. The molecule has 0 amide bonds. The van der Waals surface area contributed by atoms with Crippen LogP contribution in [0.15, 0.2) is 61.3 Å². The topological polar surface area (TPSA) is 73.5 Å². The van der Waals surface area contributed by atoms with Crippen LogP contribution >= 0.6 is 0 Å². The summed E-state index contributed by atoms with van der Waals surface area (Å²) in [7, 11) is 0. The van der Waals surface area contributed by atoms with E-state index in [9.17, 15) is 4.39 Å². The lowest BCUT2D eigenvalue weighted by Gasteiger charge is -2.35. The largest absolute Gasteiger partial charge is 0.348 e. The normalized spacial score (nSPS) is 16.8. The summed E-state index contributed by atoms with van der Waals surface area (Å²) in [5, 5.41) is 7.31. The first kappa shape index (κ1) is 16.8. The van der Waals surface area contributed by atoms with Gasteiger partial charge in [0.1, 0.15) is 5.82 Å². The summed E-state index contributed by atoms with van der Waals surface area (Å²) in [4.78, 5) is 14.6. The molecule has 0 fully saturated rings. The summed E-state index contributed by atoms with van der Waals surface area (Å²) in [5.41, 5.74) is 6.24. The molecule has 0 saturated heterocycles. The van der Waals surface area contributed by atoms with E-state index in [2.05, 4.69) is 36.1 Å². The highest BCUT2D eigenvalue weighted by molar-refractivity contribution is 5.62. The van der Waals surface area contributed by atoms with Gasteiger partial charge in [-0.25, -0.2) is 9.37 Å². The Morgan fingerprint density at radius 3 is 2.86 bits per heavy atom. The van der Waals surface area contributed by atoms with Crippen LogP contribution in [0, 0.1) is 5.82 Å². The Kier molecular flexibility index (Phi) is 4.21. The van der Waals surface area contributed by atoms with E-state index in [1.165, 1.54) is 17.8 Å². The number of fused-ring (bicyclic) bond motifs is 1. The van der Waals surface area contributed by atoms with Crippen molar-refractivity contribution in [1.29, 1.82) is 0 Å². The van der Waals surface area contributed by atoms with Crippen LogP contribution in [-0.2, 0) is 13.0 Å². The van der Waals surface area contributed by atoms with Crippen LogP contribution < -0.4 is 0 Å². The van der Waals surface area contributed by atoms with Gasteiger partial charge in [-0.3, -0.25) is 15.0 Å². The summed E-state index contributed by atoms with van der Waals surface area (Å²) in [5.74, 6) is -0.247. The summed E-state index contributed by atoms with van der Waals surface area (Å²) in [6, 6.07) is 10.5. The number of rotatable bonds is 4. The zero-order valence-corrected chi connectivity index (χ0v) is 15.1. The van der Waals surface area contributed by atoms with Crippen molar-refractivity contribution >= 4 is 0 Å². The molecule has 0 radical (unpaired) electrons. The maximum absolute atomic E-state index is 13.3. The fourth-order valence-electron chi connectivity index (χ4n) is 3.92. The second-order valence-electron chi connectivity index (χ2n) is 6.95. The number of hydrogen-bond acceptors (Lipinski definition) is 4. The van der Waals surface area contributed by atoms with Crippen LogP contribution in [0.2, 0.25) is 0 Å².